The Bertz CT molecular complexity index is 958. The highest BCUT2D eigenvalue weighted by Crippen LogP contribution is 2.41. The van der Waals surface area contributed by atoms with E-state index in [0.717, 1.165) is 16.8 Å². The van der Waals surface area contributed by atoms with Gasteiger partial charge in [0.05, 0.1) is 32.6 Å². The average molecular weight is 383 g/mol. The van der Waals surface area contributed by atoms with Gasteiger partial charge in [-0.2, -0.15) is 5.10 Å². The SMILES string of the molecule is COc1cc(-c2cc(NCc3cccc(C(=O)O)c3)n[nH]2)cc(OC)c1OC. The van der Waals surface area contributed by atoms with Crippen molar-refractivity contribution in [3.05, 3.63) is 53.6 Å². The van der Waals surface area contributed by atoms with Gasteiger partial charge in [0.15, 0.2) is 11.5 Å². The molecule has 0 bridgehead atoms. The summed E-state index contributed by atoms with van der Waals surface area (Å²) in [5.41, 5.74) is 2.68. The number of benzene rings is 2. The molecular formula is C20H21N3O5. The van der Waals surface area contributed by atoms with Crippen LogP contribution in [-0.2, 0) is 6.54 Å². The number of H-pyrrole nitrogens is 1. The number of hydrogen-bond acceptors (Lipinski definition) is 6. The number of nitrogens with zero attached hydrogens (tertiary/aromatic N) is 1. The fourth-order valence-corrected chi connectivity index (χ4v) is 2.80. The molecule has 0 aliphatic rings. The first kappa shape index (κ1) is 19.1. The Morgan fingerprint density at radius 3 is 2.39 bits per heavy atom. The van der Waals surface area contributed by atoms with Crippen LogP contribution in [0.2, 0.25) is 0 Å². The van der Waals surface area contributed by atoms with Gasteiger partial charge in [0.2, 0.25) is 5.75 Å². The Morgan fingerprint density at radius 1 is 1.07 bits per heavy atom. The first-order valence-corrected chi connectivity index (χ1v) is 8.47. The number of anilines is 1. The molecule has 0 radical (unpaired) electrons. The maximum absolute atomic E-state index is 11.1. The molecule has 2 aromatic carbocycles. The smallest absolute Gasteiger partial charge is 0.335 e. The zero-order chi connectivity index (χ0) is 20.1. The number of nitrogens with one attached hydrogen (secondary N) is 2. The van der Waals surface area contributed by atoms with Crippen LogP contribution in [0.1, 0.15) is 15.9 Å². The summed E-state index contributed by atoms with van der Waals surface area (Å²) < 4.78 is 16.1. The van der Waals surface area contributed by atoms with Crippen molar-refractivity contribution >= 4 is 11.8 Å². The summed E-state index contributed by atoms with van der Waals surface area (Å²) in [6.07, 6.45) is 0. The Balaban J connectivity index is 1.79. The lowest BCUT2D eigenvalue weighted by molar-refractivity contribution is 0.0696. The van der Waals surface area contributed by atoms with Gasteiger partial charge >= 0.3 is 5.97 Å². The molecule has 8 nitrogen and oxygen atoms in total. The van der Waals surface area contributed by atoms with Crippen LogP contribution in [0.15, 0.2) is 42.5 Å². The van der Waals surface area contributed by atoms with Gasteiger partial charge in [-0.3, -0.25) is 5.10 Å². The van der Waals surface area contributed by atoms with Crippen LogP contribution in [0.3, 0.4) is 0 Å². The standard InChI is InChI=1S/C20H21N3O5/c1-26-16-8-14(9-17(27-2)19(16)28-3)15-10-18(23-22-15)21-11-12-5-4-6-13(7-12)20(24)25/h4-10H,11H2,1-3H3,(H,24,25)(H2,21,22,23). The van der Waals surface area contributed by atoms with Crippen molar-refractivity contribution < 1.29 is 24.1 Å². The number of aromatic amines is 1. The largest absolute Gasteiger partial charge is 0.493 e. The third-order valence-electron chi connectivity index (χ3n) is 4.20. The zero-order valence-corrected chi connectivity index (χ0v) is 15.8. The van der Waals surface area contributed by atoms with Crippen LogP contribution in [-0.4, -0.2) is 42.6 Å². The van der Waals surface area contributed by atoms with Crippen LogP contribution < -0.4 is 19.5 Å². The topological polar surface area (TPSA) is 106 Å². The highest BCUT2D eigenvalue weighted by atomic mass is 16.5. The molecule has 1 heterocycles. The summed E-state index contributed by atoms with van der Waals surface area (Å²) in [4.78, 5) is 11.1. The van der Waals surface area contributed by atoms with Crippen LogP contribution in [0.25, 0.3) is 11.3 Å². The van der Waals surface area contributed by atoms with Gasteiger partial charge in [-0.05, 0) is 29.8 Å². The molecule has 8 heteroatoms. The molecule has 0 atom stereocenters. The summed E-state index contributed by atoms with van der Waals surface area (Å²) in [5, 5.41) is 19.5. The predicted molar refractivity (Wildman–Crippen MR) is 104 cm³/mol. The summed E-state index contributed by atoms with van der Waals surface area (Å²) in [6, 6.07) is 12.3. The number of methoxy groups -OCH3 is 3. The predicted octanol–water partition coefficient (Wildman–Crippen LogP) is 3.41. The van der Waals surface area contributed by atoms with Crippen molar-refractivity contribution in [2.45, 2.75) is 6.54 Å². The van der Waals surface area contributed by atoms with Gasteiger partial charge in [0.25, 0.3) is 0 Å². The van der Waals surface area contributed by atoms with Crippen molar-refractivity contribution in [2.24, 2.45) is 0 Å². The molecule has 0 aliphatic carbocycles. The second-order valence-electron chi connectivity index (χ2n) is 5.94. The van der Waals surface area contributed by atoms with Gasteiger partial charge in [-0.1, -0.05) is 12.1 Å². The van der Waals surface area contributed by atoms with E-state index in [2.05, 4.69) is 15.5 Å². The van der Waals surface area contributed by atoms with E-state index in [9.17, 15) is 4.79 Å². The molecule has 1 aromatic heterocycles. The average Bonchev–Trinajstić information content (AvgIpc) is 3.20. The minimum absolute atomic E-state index is 0.249. The number of carbonyl (C=O) groups is 1. The third-order valence-corrected chi connectivity index (χ3v) is 4.20. The van der Waals surface area contributed by atoms with Gasteiger partial charge < -0.3 is 24.6 Å². The molecule has 0 saturated heterocycles. The number of hydrogen-bond donors (Lipinski definition) is 3. The normalized spacial score (nSPS) is 10.4. The lowest BCUT2D eigenvalue weighted by Gasteiger charge is -2.13. The third kappa shape index (κ3) is 4.01. The maximum Gasteiger partial charge on any atom is 0.335 e. The van der Waals surface area contributed by atoms with Crippen molar-refractivity contribution in [3.8, 4) is 28.5 Å². The van der Waals surface area contributed by atoms with Crippen molar-refractivity contribution in [1.29, 1.82) is 0 Å². The van der Waals surface area contributed by atoms with E-state index in [0.29, 0.717) is 29.6 Å². The van der Waals surface area contributed by atoms with Gasteiger partial charge in [-0.25, -0.2) is 4.79 Å². The molecular weight excluding hydrogens is 362 g/mol. The molecule has 0 unspecified atom stereocenters. The monoisotopic (exact) mass is 383 g/mol. The number of aromatic nitrogens is 2. The molecule has 0 amide bonds. The van der Waals surface area contributed by atoms with E-state index in [4.69, 9.17) is 19.3 Å². The lowest BCUT2D eigenvalue weighted by Crippen LogP contribution is -2.02. The Hall–Kier alpha value is -3.68. The van der Waals surface area contributed by atoms with Crippen molar-refractivity contribution in [3.63, 3.8) is 0 Å². The number of ether oxygens (including phenoxy) is 3. The molecule has 0 saturated carbocycles. The summed E-state index contributed by atoms with van der Waals surface area (Å²) in [5.74, 6) is 1.29. The number of carboxylic acids is 1. The summed E-state index contributed by atoms with van der Waals surface area (Å²) in [6.45, 7) is 0.445. The Morgan fingerprint density at radius 2 is 1.79 bits per heavy atom. The van der Waals surface area contributed by atoms with Gasteiger partial charge in [0.1, 0.15) is 5.82 Å². The van der Waals surface area contributed by atoms with E-state index in [1.165, 1.54) is 0 Å². The summed E-state index contributed by atoms with van der Waals surface area (Å²) >= 11 is 0. The Labute approximate surface area is 162 Å². The molecule has 3 aromatic rings. The number of aromatic carboxylic acids is 1. The number of carboxylic acid groups (broad SMARTS) is 1. The van der Waals surface area contributed by atoms with Crippen molar-refractivity contribution in [2.75, 3.05) is 26.6 Å². The first-order valence-electron chi connectivity index (χ1n) is 8.47. The fourth-order valence-electron chi connectivity index (χ4n) is 2.80. The lowest BCUT2D eigenvalue weighted by atomic mass is 10.1. The van der Waals surface area contributed by atoms with Crippen LogP contribution in [0.5, 0.6) is 17.2 Å². The van der Waals surface area contributed by atoms with E-state index < -0.39 is 5.97 Å². The van der Waals surface area contributed by atoms with Gasteiger partial charge in [-0.15, -0.1) is 0 Å². The second-order valence-corrected chi connectivity index (χ2v) is 5.94. The van der Waals surface area contributed by atoms with Crippen molar-refractivity contribution in [1.82, 2.24) is 10.2 Å². The number of rotatable bonds is 8. The quantitative estimate of drug-likeness (QED) is 0.547. The molecule has 0 fully saturated rings. The summed E-state index contributed by atoms with van der Waals surface area (Å²) in [7, 11) is 4.68. The Kier molecular flexibility index (Phi) is 5.69. The van der Waals surface area contributed by atoms with Gasteiger partial charge in [0, 0.05) is 18.2 Å². The fraction of sp³-hybridized carbons (Fsp3) is 0.200. The van der Waals surface area contributed by atoms with Crippen LogP contribution in [0.4, 0.5) is 5.82 Å². The van der Waals surface area contributed by atoms with E-state index in [1.807, 2.05) is 24.3 Å². The first-order chi connectivity index (χ1) is 13.5. The molecule has 0 aliphatic heterocycles. The van der Waals surface area contributed by atoms with Crippen LogP contribution >= 0.6 is 0 Å². The zero-order valence-electron chi connectivity index (χ0n) is 15.8. The van der Waals surface area contributed by atoms with E-state index in [-0.39, 0.29) is 5.56 Å². The molecule has 146 valence electrons. The molecule has 3 rings (SSSR count). The highest BCUT2D eigenvalue weighted by molar-refractivity contribution is 5.87. The van der Waals surface area contributed by atoms with E-state index in [1.54, 1.807) is 39.5 Å². The molecule has 3 N–H and O–H groups in total. The minimum atomic E-state index is -0.952. The molecule has 28 heavy (non-hydrogen) atoms. The molecule has 0 spiro atoms. The van der Waals surface area contributed by atoms with E-state index >= 15 is 0 Å². The second kappa shape index (κ2) is 8.34. The minimum Gasteiger partial charge on any atom is -0.493 e. The van der Waals surface area contributed by atoms with Crippen LogP contribution in [0, 0.1) is 0 Å². The highest BCUT2D eigenvalue weighted by Gasteiger charge is 2.15. The maximum atomic E-state index is 11.1.